The lowest BCUT2D eigenvalue weighted by molar-refractivity contribution is -0.140. The molecule has 2 bridgehead atoms. The highest BCUT2D eigenvalue weighted by molar-refractivity contribution is 6.06. The molecule has 4 aliphatic carbocycles. The summed E-state index contributed by atoms with van der Waals surface area (Å²) in [5, 5.41) is 5.32. The zero-order chi connectivity index (χ0) is 16.4. The van der Waals surface area contributed by atoms with Gasteiger partial charge in [0.15, 0.2) is 0 Å². The molecule has 1 aliphatic heterocycles. The summed E-state index contributed by atoms with van der Waals surface area (Å²) in [7, 11) is 1.61. The fourth-order valence-electron chi connectivity index (χ4n) is 4.87. The van der Waals surface area contributed by atoms with Crippen LogP contribution in [-0.4, -0.2) is 30.1 Å². The smallest absolute Gasteiger partial charge is 0.254 e. The second-order valence-corrected chi connectivity index (χ2v) is 7.16. The summed E-state index contributed by atoms with van der Waals surface area (Å²) < 4.78 is 5.12. The summed E-state index contributed by atoms with van der Waals surface area (Å²) in [5.74, 6) is 1.83. The predicted molar refractivity (Wildman–Crippen MR) is 87.1 cm³/mol. The quantitative estimate of drug-likeness (QED) is 0.486. The fraction of sp³-hybridized carbons (Fsp3) is 0.421. The molecule has 0 unspecified atom stereocenters. The van der Waals surface area contributed by atoms with Crippen molar-refractivity contribution in [2.24, 2.45) is 40.6 Å². The third kappa shape index (κ3) is 1.78. The fourth-order valence-corrected chi connectivity index (χ4v) is 4.87. The number of carbonyl (C=O) groups excluding carboxylic acids is 2. The largest absolute Gasteiger partial charge is 0.497 e. The number of hydrogen-bond acceptors (Lipinski definition) is 4. The van der Waals surface area contributed by atoms with Crippen molar-refractivity contribution in [2.75, 3.05) is 7.11 Å². The van der Waals surface area contributed by atoms with E-state index in [1.54, 1.807) is 13.3 Å². The molecule has 1 aromatic carbocycles. The molecule has 2 amide bonds. The van der Waals surface area contributed by atoms with Gasteiger partial charge in [-0.15, -0.1) is 0 Å². The molecule has 2 saturated carbocycles. The summed E-state index contributed by atoms with van der Waals surface area (Å²) in [4.78, 5) is 25.5. The van der Waals surface area contributed by atoms with E-state index >= 15 is 0 Å². The molecule has 1 heterocycles. The summed E-state index contributed by atoms with van der Waals surface area (Å²) >= 11 is 0. The number of methoxy groups -OCH3 is 1. The van der Waals surface area contributed by atoms with E-state index in [-0.39, 0.29) is 35.5 Å². The Bertz CT molecular complexity index is 746. The first-order valence-corrected chi connectivity index (χ1v) is 8.43. The standard InChI is InChI=1S/C19H18N2O3/c1-24-11-4-2-10(3-5-11)9-20-21-18(22)16-12-6-7-13(15-8-14(12)15)17(16)19(21)23/h2-7,9,12-17H,8H2,1H3/b20-9-/t12-,13-,14-,15+,16+,17-/m1/s1. The second kappa shape index (κ2) is 4.79. The van der Waals surface area contributed by atoms with Gasteiger partial charge < -0.3 is 4.74 Å². The van der Waals surface area contributed by atoms with E-state index in [1.807, 2.05) is 24.3 Å². The molecule has 122 valence electrons. The van der Waals surface area contributed by atoms with Crippen LogP contribution in [0.4, 0.5) is 0 Å². The molecule has 0 spiro atoms. The van der Waals surface area contributed by atoms with Crippen LogP contribution >= 0.6 is 0 Å². The van der Waals surface area contributed by atoms with Gasteiger partial charge in [0.25, 0.3) is 11.8 Å². The van der Waals surface area contributed by atoms with Crippen LogP contribution in [0.15, 0.2) is 41.5 Å². The van der Waals surface area contributed by atoms with Gasteiger partial charge in [-0.2, -0.15) is 10.1 Å². The van der Waals surface area contributed by atoms with Gasteiger partial charge in [0.2, 0.25) is 0 Å². The van der Waals surface area contributed by atoms with Gasteiger partial charge >= 0.3 is 0 Å². The normalized spacial score (nSPS) is 38.6. The van der Waals surface area contributed by atoms with Crippen molar-refractivity contribution in [1.29, 1.82) is 0 Å². The predicted octanol–water partition coefficient (Wildman–Crippen LogP) is 2.08. The highest BCUT2D eigenvalue weighted by Gasteiger charge is 2.67. The molecule has 1 aromatic rings. The van der Waals surface area contributed by atoms with Crippen LogP contribution in [0.3, 0.4) is 0 Å². The molecule has 3 fully saturated rings. The highest BCUT2D eigenvalue weighted by atomic mass is 16.5. The van der Waals surface area contributed by atoms with E-state index in [0.717, 1.165) is 16.3 Å². The molecule has 6 rings (SSSR count). The van der Waals surface area contributed by atoms with Crippen molar-refractivity contribution >= 4 is 18.0 Å². The van der Waals surface area contributed by atoms with Crippen molar-refractivity contribution in [3.63, 3.8) is 0 Å². The second-order valence-electron chi connectivity index (χ2n) is 7.16. The molecule has 6 atom stereocenters. The van der Waals surface area contributed by atoms with Gasteiger partial charge in [-0.3, -0.25) is 9.59 Å². The molecule has 5 nitrogen and oxygen atoms in total. The van der Waals surface area contributed by atoms with E-state index < -0.39 is 0 Å². The number of imide groups is 1. The van der Waals surface area contributed by atoms with Gasteiger partial charge in [0.05, 0.1) is 25.2 Å². The van der Waals surface area contributed by atoms with Crippen LogP contribution < -0.4 is 4.74 Å². The SMILES string of the molecule is COc1ccc(/C=N\N2C(=O)[C@@H]3[C@@H]4C=C[C@H]([C@H]5C[C@@H]45)[C@@H]3C2=O)cc1. The van der Waals surface area contributed by atoms with Crippen molar-refractivity contribution < 1.29 is 14.3 Å². The van der Waals surface area contributed by atoms with Crippen LogP contribution in [0.25, 0.3) is 0 Å². The van der Waals surface area contributed by atoms with Gasteiger partial charge in [-0.1, -0.05) is 12.2 Å². The Morgan fingerprint density at radius 1 is 1.04 bits per heavy atom. The third-order valence-corrected chi connectivity index (χ3v) is 6.08. The van der Waals surface area contributed by atoms with Crippen molar-refractivity contribution in [2.45, 2.75) is 6.42 Å². The number of benzene rings is 1. The lowest BCUT2D eigenvalue weighted by Crippen LogP contribution is -2.40. The Morgan fingerprint density at radius 3 is 2.17 bits per heavy atom. The van der Waals surface area contributed by atoms with Gasteiger partial charge in [0, 0.05) is 0 Å². The average Bonchev–Trinajstić information content (AvgIpc) is 3.39. The molecule has 5 heteroatoms. The van der Waals surface area contributed by atoms with Crippen molar-refractivity contribution in [3.8, 4) is 5.75 Å². The first-order valence-electron chi connectivity index (χ1n) is 8.43. The Morgan fingerprint density at radius 2 is 1.62 bits per heavy atom. The minimum atomic E-state index is -0.190. The van der Waals surface area contributed by atoms with E-state index in [2.05, 4.69) is 17.3 Å². The van der Waals surface area contributed by atoms with Crippen molar-refractivity contribution in [1.82, 2.24) is 5.01 Å². The molecule has 24 heavy (non-hydrogen) atoms. The summed E-state index contributed by atoms with van der Waals surface area (Å²) in [6.07, 6.45) is 7.08. The van der Waals surface area contributed by atoms with Gasteiger partial charge in [0.1, 0.15) is 5.75 Å². The molecule has 5 aliphatic rings. The lowest BCUT2D eigenvalue weighted by Gasteiger charge is -2.37. The Labute approximate surface area is 140 Å². The maximum absolute atomic E-state index is 12.8. The number of rotatable bonds is 3. The van der Waals surface area contributed by atoms with Crippen LogP contribution in [0.5, 0.6) is 5.75 Å². The highest BCUT2D eigenvalue weighted by Crippen LogP contribution is 2.65. The topological polar surface area (TPSA) is 59.0 Å². The van der Waals surface area contributed by atoms with E-state index in [0.29, 0.717) is 11.8 Å². The first-order chi connectivity index (χ1) is 11.7. The number of hydrogen-bond donors (Lipinski definition) is 0. The van der Waals surface area contributed by atoms with E-state index in [9.17, 15) is 9.59 Å². The maximum Gasteiger partial charge on any atom is 0.254 e. The average molecular weight is 322 g/mol. The number of amides is 2. The van der Waals surface area contributed by atoms with Crippen LogP contribution in [0.1, 0.15) is 12.0 Å². The van der Waals surface area contributed by atoms with Crippen LogP contribution in [0.2, 0.25) is 0 Å². The Kier molecular flexibility index (Phi) is 2.78. The lowest BCUT2D eigenvalue weighted by atomic mass is 9.63. The zero-order valence-electron chi connectivity index (χ0n) is 13.3. The Hall–Kier alpha value is -2.43. The summed E-state index contributed by atoms with van der Waals surface area (Å²) in [6.45, 7) is 0. The Balaban J connectivity index is 1.41. The number of hydrazone groups is 1. The number of allylic oxidation sites excluding steroid dienone is 2. The van der Waals surface area contributed by atoms with Crippen LogP contribution in [-0.2, 0) is 9.59 Å². The number of ether oxygens (including phenoxy) is 1. The molecular weight excluding hydrogens is 304 g/mol. The molecule has 0 aromatic heterocycles. The molecule has 1 saturated heterocycles. The summed E-state index contributed by atoms with van der Waals surface area (Å²) in [5.41, 5.74) is 0.829. The molecule has 0 radical (unpaired) electrons. The van der Waals surface area contributed by atoms with Gasteiger partial charge in [-0.05, 0) is 59.9 Å². The van der Waals surface area contributed by atoms with E-state index in [4.69, 9.17) is 4.74 Å². The molecular formula is C19H18N2O3. The number of carbonyl (C=O) groups is 2. The van der Waals surface area contributed by atoms with E-state index in [1.165, 1.54) is 6.42 Å². The third-order valence-electron chi connectivity index (χ3n) is 6.08. The number of nitrogens with zero attached hydrogens (tertiary/aromatic N) is 2. The van der Waals surface area contributed by atoms with Crippen LogP contribution in [0, 0.1) is 35.5 Å². The summed E-state index contributed by atoms with van der Waals surface area (Å²) in [6, 6.07) is 7.35. The monoisotopic (exact) mass is 322 g/mol. The van der Waals surface area contributed by atoms with Gasteiger partial charge in [-0.25, -0.2) is 0 Å². The first kappa shape index (κ1) is 14.0. The van der Waals surface area contributed by atoms with Crippen molar-refractivity contribution in [3.05, 3.63) is 42.0 Å². The minimum Gasteiger partial charge on any atom is -0.497 e. The molecule has 0 N–H and O–H groups in total. The minimum absolute atomic E-state index is 0.125. The zero-order valence-corrected chi connectivity index (χ0v) is 13.3. The maximum atomic E-state index is 12.8.